The predicted molar refractivity (Wildman–Crippen MR) is 111 cm³/mol. The first-order valence-corrected chi connectivity index (χ1v) is 11.1. The highest BCUT2D eigenvalue weighted by Gasteiger charge is 2.47. The molecular weight excluding hydrogens is 366 g/mol. The summed E-state index contributed by atoms with van der Waals surface area (Å²) in [5.74, 6) is 0.169. The minimum absolute atomic E-state index is 0.0248. The quantitative estimate of drug-likeness (QED) is 0.753. The van der Waals surface area contributed by atoms with E-state index in [-0.39, 0.29) is 24.2 Å². The summed E-state index contributed by atoms with van der Waals surface area (Å²) in [5.41, 5.74) is -0.646. The number of rotatable bonds is 7. The Morgan fingerprint density at radius 3 is 2.00 bits per heavy atom. The minimum atomic E-state index is -1.37. The molecule has 2 heterocycles. The van der Waals surface area contributed by atoms with Crippen molar-refractivity contribution in [3.05, 3.63) is 35.9 Å². The summed E-state index contributed by atoms with van der Waals surface area (Å²) in [6.45, 7) is 5.65. The Morgan fingerprint density at radius 1 is 0.862 bits per heavy atom. The molecule has 1 amide bonds. The summed E-state index contributed by atoms with van der Waals surface area (Å²) in [4.78, 5) is 31.9. The van der Waals surface area contributed by atoms with Gasteiger partial charge in [0.05, 0.1) is 13.1 Å². The smallest absolute Gasteiger partial charge is 0.236 e. The van der Waals surface area contributed by atoms with E-state index in [1.165, 1.54) is 0 Å². The molecule has 2 saturated heterocycles. The Labute approximate surface area is 173 Å². The molecule has 4 rings (SSSR count). The fourth-order valence-electron chi connectivity index (χ4n) is 4.83. The Bertz CT molecular complexity index is 707. The van der Waals surface area contributed by atoms with Crippen molar-refractivity contribution >= 4 is 11.7 Å². The van der Waals surface area contributed by atoms with Crippen LogP contribution in [0.25, 0.3) is 0 Å². The van der Waals surface area contributed by atoms with Crippen LogP contribution in [0.4, 0.5) is 0 Å². The summed E-state index contributed by atoms with van der Waals surface area (Å²) in [5, 5.41) is 11.5. The van der Waals surface area contributed by atoms with Crippen LogP contribution in [0.15, 0.2) is 30.3 Å². The predicted octanol–water partition coefficient (Wildman–Crippen LogP) is 1.48. The summed E-state index contributed by atoms with van der Waals surface area (Å²) in [6.07, 6.45) is 5.13. The lowest BCUT2D eigenvalue weighted by molar-refractivity contribution is -0.151. The molecule has 1 aromatic carbocycles. The van der Waals surface area contributed by atoms with Crippen LogP contribution in [0.2, 0.25) is 0 Å². The van der Waals surface area contributed by atoms with Gasteiger partial charge in [0.15, 0.2) is 11.4 Å². The van der Waals surface area contributed by atoms with E-state index in [1.807, 2.05) is 35.2 Å². The van der Waals surface area contributed by atoms with Crippen LogP contribution < -0.4 is 0 Å². The van der Waals surface area contributed by atoms with Gasteiger partial charge in [0.2, 0.25) is 5.91 Å². The third kappa shape index (κ3) is 4.39. The maximum Gasteiger partial charge on any atom is 0.236 e. The number of carbonyl (C=O) groups excluding carboxylic acids is 2. The monoisotopic (exact) mass is 399 g/mol. The normalized spacial score (nSPS) is 23.6. The Morgan fingerprint density at radius 2 is 1.45 bits per heavy atom. The van der Waals surface area contributed by atoms with Crippen molar-refractivity contribution in [2.45, 2.75) is 37.7 Å². The Kier molecular flexibility index (Phi) is 6.32. The van der Waals surface area contributed by atoms with E-state index in [4.69, 9.17) is 0 Å². The van der Waals surface area contributed by atoms with E-state index in [0.717, 1.165) is 76.9 Å². The number of amides is 1. The number of aliphatic hydroxyl groups is 1. The molecule has 0 bridgehead atoms. The largest absolute Gasteiger partial charge is 0.377 e. The second-order valence-electron chi connectivity index (χ2n) is 8.82. The first-order chi connectivity index (χ1) is 14.1. The number of carbonyl (C=O) groups is 2. The van der Waals surface area contributed by atoms with Crippen LogP contribution in [0, 0.1) is 5.92 Å². The zero-order valence-corrected chi connectivity index (χ0v) is 17.3. The lowest BCUT2D eigenvalue weighted by atomic mass is 9.67. The number of ketones is 1. The first-order valence-electron chi connectivity index (χ1n) is 11.1. The molecule has 158 valence electrons. The van der Waals surface area contributed by atoms with Crippen molar-refractivity contribution in [1.82, 2.24) is 14.7 Å². The van der Waals surface area contributed by atoms with Crippen LogP contribution in [-0.2, 0) is 15.2 Å². The lowest BCUT2D eigenvalue weighted by Crippen LogP contribution is -2.54. The molecule has 1 aliphatic carbocycles. The summed E-state index contributed by atoms with van der Waals surface area (Å²) in [7, 11) is 0. The number of nitrogens with zero attached hydrogens (tertiary/aromatic N) is 3. The van der Waals surface area contributed by atoms with Gasteiger partial charge in [-0.15, -0.1) is 0 Å². The van der Waals surface area contributed by atoms with Gasteiger partial charge in [-0.2, -0.15) is 0 Å². The van der Waals surface area contributed by atoms with Crippen molar-refractivity contribution in [2.75, 3.05) is 52.4 Å². The Hall–Kier alpha value is -1.76. The topological polar surface area (TPSA) is 64.1 Å². The second-order valence-corrected chi connectivity index (χ2v) is 8.82. The molecule has 1 unspecified atom stereocenters. The van der Waals surface area contributed by atoms with E-state index in [2.05, 4.69) is 9.80 Å². The number of benzene rings is 1. The maximum absolute atomic E-state index is 13.2. The molecule has 1 N–H and O–H groups in total. The average Bonchev–Trinajstić information content (AvgIpc) is 3.23. The van der Waals surface area contributed by atoms with Gasteiger partial charge in [-0.25, -0.2) is 0 Å². The highest BCUT2D eigenvalue weighted by Crippen LogP contribution is 2.43. The third-order valence-electron chi connectivity index (χ3n) is 6.98. The van der Waals surface area contributed by atoms with Gasteiger partial charge in [0.25, 0.3) is 0 Å². The van der Waals surface area contributed by atoms with Gasteiger partial charge >= 0.3 is 0 Å². The van der Waals surface area contributed by atoms with Crippen LogP contribution in [0.5, 0.6) is 0 Å². The van der Waals surface area contributed by atoms with Crippen molar-refractivity contribution in [2.24, 2.45) is 5.92 Å². The number of likely N-dealkylation sites (tertiary alicyclic amines) is 1. The number of hydrogen-bond acceptors (Lipinski definition) is 5. The fourth-order valence-corrected chi connectivity index (χ4v) is 4.83. The molecule has 2 aliphatic heterocycles. The van der Waals surface area contributed by atoms with Crippen LogP contribution in [0.3, 0.4) is 0 Å². The molecule has 0 spiro atoms. The molecular formula is C23H33N3O3. The van der Waals surface area contributed by atoms with Crippen LogP contribution in [-0.4, -0.2) is 83.9 Å². The standard InChI is InChI=1S/C23H33N3O3/c27-21(23(29,20-9-6-10-20)19-7-2-1-3-8-19)17-24-13-15-25(16-14-24)18-22(28)26-11-4-5-12-26/h1-3,7-8,20,29H,4-6,9-18H2. The number of hydrogen-bond donors (Lipinski definition) is 1. The van der Waals surface area contributed by atoms with Gasteiger partial charge < -0.3 is 10.0 Å². The van der Waals surface area contributed by atoms with Crippen molar-refractivity contribution in [3.8, 4) is 0 Å². The van der Waals surface area contributed by atoms with Crippen molar-refractivity contribution in [1.29, 1.82) is 0 Å². The lowest BCUT2D eigenvalue weighted by Gasteiger charge is -2.42. The van der Waals surface area contributed by atoms with E-state index >= 15 is 0 Å². The zero-order chi connectivity index (χ0) is 20.3. The summed E-state index contributed by atoms with van der Waals surface area (Å²) in [6, 6.07) is 9.44. The molecule has 6 nitrogen and oxygen atoms in total. The Balaban J connectivity index is 1.32. The van der Waals surface area contributed by atoms with E-state index in [1.54, 1.807) is 0 Å². The molecule has 6 heteroatoms. The van der Waals surface area contributed by atoms with Gasteiger partial charge in [-0.05, 0) is 37.2 Å². The third-order valence-corrected chi connectivity index (χ3v) is 6.98. The number of piperazine rings is 1. The van der Waals surface area contributed by atoms with E-state index < -0.39 is 5.60 Å². The maximum atomic E-state index is 13.2. The highest BCUT2D eigenvalue weighted by atomic mass is 16.3. The van der Waals surface area contributed by atoms with Crippen molar-refractivity contribution < 1.29 is 14.7 Å². The number of Topliss-reactive ketones (excluding diaryl/α,β-unsaturated/α-hetero) is 1. The van der Waals surface area contributed by atoms with Crippen molar-refractivity contribution in [3.63, 3.8) is 0 Å². The molecule has 3 fully saturated rings. The minimum Gasteiger partial charge on any atom is -0.377 e. The molecule has 1 saturated carbocycles. The molecule has 1 aromatic rings. The molecule has 0 aromatic heterocycles. The average molecular weight is 400 g/mol. The van der Waals surface area contributed by atoms with Gasteiger partial charge in [0, 0.05) is 39.3 Å². The summed E-state index contributed by atoms with van der Waals surface area (Å²) < 4.78 is 0. The SMILES string of the molecule is O=C(CN1CCN(CC(=O)C(O)(c2ccccc2)C2CCC2)CC1)N1CCCC1. The zero-order valence-electron chi connectivity index (χ0n) is 17.3. The van der Waals surface area contributed by atoms with Gasteiger partial charge in [-0.1, -0.05) is 36.8 Å². The second kappa shape index (κ2) is 8.94. The molecule has 1 atom stereocenters. The molecule has 3 aliphatic rings. The highest BCUT2D eigenvalue weighted by molar-refractivity contribution is 5.90. The fraction of sp³-hybridized carbons (Fsp3) is 0.652. The van der Waals surface area contributed by atoms with E-state index in [0.29, 0.717) is 6.54 Å². The van der Waals surface area contributed by atoms with Crippen LogP contribution in [0.1, 0.15) is 37.7 Å². The van der Waals surface area contributed by atoms with E-state index in [9.17, 15) is 14.7 Å². The summed E-state index contributed by atoms with van der Waals surface area (Å²) >= 11 is 0. The molecule has 29 heavy (non-hydrogen) atoms. The first kappa shape index (κ1) is 20.5. The van der Waals surface area contributed by atoms with Gasteiger partial charge in [0.1, 0.15) is 0 Å². The van der Waals surface area contributed by atoms with Gasteiger partial charge in [-0.3, -0.25) is 19.4 Å². The van der Waals surface area contributed by atoms with Crippen LogP contribution >= 0.6 is 0 Å². The molecule has 0 radical (unpaired) electrons.